The number of unbranched alkanes of at least 4 members (excludes halogenated alkanes) is 1. The maximum atomic E-state index is 12.1. The monoisotopic (exact) mass is 286 g/mol. The van der Waals surface area contributed by atoms with Crippen molar-refractivity contribution in [2.75, 3.05) is 26.7 Å². The Morgan fingerprint density at radius 1 is 1.05 bits per heavy atom. The molecule has 20 heavy (non-hydrogen) atoms. The highest BCUT2D eigenvalue weighted by molar-refractivity contribution is 5.74. The van der Waals surface area contributed by atoms with Crippen LogP contribution in [-0.2, 0) is 9.53 Å². The van der Waals surface area contributed by atoms with E-state index in [0.717, 1.165) is 25.9 Å². The average molecular weight is 286 g/mol. The summed E-state index contributed by atoms with van der Waals surface area (Å²) in [6.45, 7) is 10.6. The summed E-state index contributed by atoms with van der Waals surface area (Å²) < 4.78 is 4.57. The van der Waals surface area contributed by atoms with Crippen LogP contribution >= 0.6 is 0 Å². The fraction of sp³-hybridized carbons (Fsp3) is 0.867. The highest BCUT2D eigenvalue weighted by Crippen LogP contribution is 2.04. The van der Waals surface area contributed by atoms with Crippen molar-refractivity contribution in [2.24, 2.45) is 11.8 Å². The molecule has 0 fully saturated rings. The molecule has 0 aromatic heterocycles. The van der Waals surface area contributed by atoms with Crippen molar-refractivity contribution in [2.45, 2.75) is 47.0 Å². The number of carbonyl (C=O) groups excluding carboxylic acids is 2. The van der Waals surface area contributed by atoms with Gasteiger partial charge >= 0.3 is 12.0 Å². The van der Waals surface area contributed by atoms with Crippen LogP contribution in [0.5, 0.6) is 0 Å². The van der Waals surface area contributed by atoms with Crippen molar-refractivity contribution in [3.8, 4) is 0 Å². The van der Waals surface area contributed by atoms with Crippen LogP contribution in [0.15, 0.2) is 0 Å². The van der Waals surface area contributed by atoms with Gasteiger partial charge in [0.2, 0.25) is 0 Å². The summed E-state index contributed by atoms with van der Waals surface area (Å²) in [6.07, 6.45) is 1.94. The zero-order valence-corrected chi connectivity index (χ0v) is 13.6. The molecular weight excluding hydrogens is 256 g/mol. The van der Waals surface area contributed by atoms with Crippen LogP contribution in [0.1, 0.15) is 47.0 Å². The van der Waals surface area contributed by atoms with Crippen LogP contribution in [0.3, 0.4) is 0 Å². The van der Waals surface area contributed by atoms with Gasteiger partial charge in [0.1, 0.15) is 0 Å². The Labute approximate surface area is 123 Å². The lowest BCUT2D eigenvalue weighted by molar-refractivity contribution is -0.140. The summed E-state index contributed by atoms with van der Waals surface area (Å²) in [4.78, 5) is 24.9. The molecule has 0 aliphatic rings. The summed E-state index contributed by atoms with van der Waals surface area (Å²) >= 11 is 0. The maximum absolute atomic E-state index is 12.1. The fourth-order valence-corrected chi connectivity index (χ4v) is 1.93. The third-order valence-electron chi connectivity index (χ3n) is 2.77. The van der Waals surface area contributed by atoms with Gasteiger partial charge in [0, 0.05) is 26.1 Å². The Bertz CT molecular complexity index is 281. The van der Waals surface area contributed by atoms with Gasteiger partial charge in [-0.15, -0.1) is 0 Å². The Morgan fingerprint density at radius 3 is 2.05 bits per heavy atom. The second kappa shape index (κ2) is 10.5. The molecule has 0 atom stereocenters. The molecule has 0 heterocycles. The van der Waals surface area contributed by atoms with E-state index < -0.39 is 0 Å². The fourth-order valence-electron chi connectivity index (χ4n) is 1.93. The predicted molar refractivity (Wildman–Crippen MR) is 80.5 cm³/mol. The van der Waals surface area contributed by atoms with Gasteiger partial charge in [-0.3, -0.25) is 4.79 Å². The molecule has 0 saturated carbocycles. The van der Waals surface area contributed by atoms with Crippen molar-refractivity contribution in [1.29, 1.82) is 0 Å². The molecule has 0 bridgehead atoms. The lowest BCUT2D eigenvalue weighted by Crippen LogP contribution is -2.44. The second-order valence-electron chi connectivity index (χ2n) is 5.96. The summed E-state index contributed by atoms with van der Waals surface area (Å²) in [5, 5.41) is 2.92. The minimum Gasteiger partial charge on any atom is -0.469 e. The van der Waals surface area contributed by atoms with Gasteiger partial charge < -0.3 is 15.0 Å². The first-order chi connectivity index (χ1) is 9.36. The van der Waals surface area contributed by atoms with Crippen molar-refractivity contribution in [3.63, 3.8) is 0 Å². The van der Waals surface area contributed by atoms with Gasteiger partial charge in [-0.1, -0.05) is 27.7 Å². The molecule has 1 N–H and O–H groups in total. The van der Waals surface area contributed by atoms with Gasteiger partial charge in [0.15, 0.2) is 0 Å². The first-order valence-electron chi connectivity index (χ1n) is 7.46. The number of urea groups is 1. The third kappa shape index (κ3) is 9.64. The maximum Gasteiger partial charge on any atom is 0.317 e. The van der Waals surface area contributed by atoms with Crippen LogP contribution in [0, 0.1) is 11.8 Å². The molecule has 5 nitrogen and oxygen atoms in total. The highest BCUT2D eigenvalue weighted by Gasteiger charge is 2.15. The van der Waals surface area contributed by atoms with Crippen LogP contribution < -0.4 is 5.32 Å². The summed E-state index contributed by atoms with van der Waals surface area (Å²) in [6, 6.07) is -0.00883. The first-order valence-corrected chi connectivity index (χ1v) is 7.46. The van der Waals surface area contributed by atoms with Gasteiger partial charge in [0.05, 0.1) is 7.11 Å². The number of amides is 2. The van der Waals surface area contributed by atoms with Crippen LogP contribution in [0.4, 0.5) is 4.79 Å². The van der Waals surface area contributed by atoms with E-state index in [4.69, 9.17) is 0 Å². The van der Waals surface area contributed by atoms with E-state index in [1.807, 2.05) is 4.90 Å². The quantitative estimate of drug-likeness (QED) is 0.523. The Balaban J connectivity index is 3.97. The molecular formula is C15H30N2O3. The molecule has 0 unspecified atom stereocenters. The third-order valence-corrected chi connectivity index (χ3v) is 2.77. The van der Waals surface area contributed by atoms with Gasteiger partial charge in [-0.2, -0.15) is 0 Å². The molecule has 0 aromatic carbocycles. The molecule has 0 aliphatic carbocycles. The number of nitrogens with one attached hydrogen (secondary N) is 1. The van der Waals surface area contributed by atoms with Gasteiger partial charge in [-0.05, 0) is 24.7 Å². The number of esters is 1. The Kier molecular flexibility index (Phi) is 9.86. The van der Waals surface area contributed by atoms with E-state index in [1.165, 1.54) is 7.11 Å². The van der Waals surface area contributed by atoms with Crippen LogP contribution in [-0.4, -0.2) is 43.6 Å². The first kappa shape index (κ1) is 18.7. The van der Waals surface area contributed by atoms with E-state index in [-0.39, 0.29) is 12.0 Å². The van der Waals surface area contributed by atoms with E-state index in [9.17, 15) is 9.59 Å². The van der Waals surface area contributed by atoms with Crippen molar-refractivity contribution < 1.29 is 14.3 Å². The number of methoxy groups -OCH3 is 1. The van der Waals surface area contributed by atoms with E-state index in [1.54, 1.807) is 0 Å². The standard InChI is InChI=1S/C15H30N2O3/c1-12(2)10-17(11-13(3)4)15(19)16-9-7-6-8-14(18)20-5/h12-13H,6-11H2,1-5H3,(H,16,19). The van der Waals surface area contributed by atoms with Crippen molar-refractivity contribution in [3.05, 3.63) is 0 Å². The molecule has 0 spiro atoms. The van der Waals surface area contributed by atoms with E-state index >= 15 is 0 Å². The molecule has 118 valence electrons. The largest absolute Gasteiger partial charge is 0.469 e. The molecule has 0 rings (SSSR count). The van der Waals surface area contributed by atoms with Crippen LogP contribution in [0.25, 0.3) is 0 Å². The predicted octanol–water partition coefficient (Wildman–Crippen LogP) is 2.65. The minimum absolute atomic E-state index is 0.00883. The smallest absolute Gasteiger partial charge is 0.317 e. The number of nitrogens with zero attached hydrogens (tertiary/aromatic N) is 1. The summed E-state index contributed by atoms with van der Waals surface area (Å²) in [7, 11) is 1.39. The normalized spacial score (nSPS) is 10.8. The summed E-state index contributed by atoms with van der Waals surface area (Å²) in [5.41, 5.74) is 0. The number of rotatable bonds is 9. The topological polar surface area (TPSA) is 58.6 Å². The molecule has 0 saturated heterocycles. The molecule has 0 aromatic rings. The van der Waals surface area contributed by atoms with Gasteiger partial charge in [0.25, 0.3) is 0 Å². The van der Waals surface area contributed by atoms with Crippen LogP contribution in [0.2, 0.25) is 0 Å². The number of hydrogen-bond acceptors (Lipinski definition) is 3. The molecule has 2 amide bonds. The summed E-state index contributed by atoms with van der Waals surface area (Å²) in [5.74, 6) is 0.718. The SMILES string of the molecule is COC(=O)CCCCNC(=O)N(CC(C)C)CC(C)C. The lowest BCUT2D eigenvalue weighted by Gasteiger charge is -2.26. The second-order valence-corrected chi connectivity index (χ2v) is 5.96. The van der Waals surface area contributed by atoms with Crippen molar-refractivity contribution >= 4 is 12.0 Å². The highest BCUT2D eigenvalue weighted by atomic mass is 16.5. The Hall–Kier alpha value is -1.26. The van der Waals surface area contributed by atoms with E-state index in [2.05, 4.69) is 37.7 Å². The lowest BCUT2D eigenvalue weighted by atomic mass is 10.1. The minimum atomic E-state index is -0.197. The number of ether oxygens (including phenoxy) is 1. The molecule has 0 radical (unpaired) electrons. The zero-order chi connectivity index (χ0) is 15.5. The zero-order valence-electron chi connectivity index (χ0n) is 13.6. The van der Waals surface area contributed by atoms with Crippen molar-refractivity contribution in [1.82, 2.24) is 10.2 Å². The number of carbonyl (C=O) groups is 2. The van der Waals surface area contributed by atoms with Gasteiger partial charge in [-0.25, -0.2) is 4.79 Å². The molecule has 0 aliphatic heterocycles. The average Bonchev–Trinajstić information content (AvgIpc) is 2.35. The van der Waals surface area contributed by atoms with E-state index in [0.29, 0.717) is 24.8 Å². The Morgan fingerprint density at radius 2 is 1.60 bits per heavy atom. The number of hydrogen-bond donors (Lipinski definition) is 1. The molecule has 5 heteroatoms.